The number of aliphatic hydroxyl groups is 1. The minimum Gasteiger partial charge on any atom is -0.383 e. The maximum atomic E-state index is 12.2. The number of carbonyl (C=O) groups excluding carboxylic acids is 1. The van der Waals surface area contributed by atoms with Gasteiger partial charge in [0.25, 0.3) is 5.91 Å². The van der Waals surface area contributed by atoms with Gasteiger partial charge in [-0.15, -0.1) is 0 Å². The molecule has 0 bridgehead atoms. The Morgan fingerprint density at radius 2 is 2.23 bits per heavy atom. The number of H-pyrrole nitrogens is 1. The lowest BCUT2D eigenvalue weighted by molar-refractivity contribution is 0.0524. The van der Waals surface area contributed by atoms with Crippen LogP contribution in [0.2, 0.25) is 0 Å². The number of aromatic nitrogens is 3. The number of hydrogen-bond acceptors (Lipinski definition) is 3. The number of carbonyl (C=O) groups is 1. The molecule has 1 atom stereocenters. The highest BCUT2D eigenvalue weighted by molar-refractivity contribution is 5.98. The molecule has 0 fully saturated rings. The highest BCUT2D eigenvalue weighted by atomic mass is 16.3. The average molecular weight is 298 g/mol. The van der Waals surface area contributed by atoms with Crippen LogP contribution in [-0.4, -0.2) is 32.3 Å². The van der Waals surface area contributed by atoms with Gasteiger partial charge in [0.2, 0.25) is 0 Å². The number of para-hydroxylation sites is 1. The summed E-state index contributed by atoms with van der Waals surface area (Å²) in [5, 5.41) is 18.2. The van der Waals surface area contributed by atoms with Gasteiger partial charge in [0.15, 0.2) is 0 Å². The molecule has 0 aliphatic heterocycles. The van der Waals surface area contributed by atoms with Crippen molar-refractivity contribution in [3.63, 3.8) is 0 Å². The minimum atomic E-state index is -1.17. The molecule has 0 saturated heterocycles. The second-order valence-corrected chi connectivity index (χ2v) is 5.63. The molecule has 3 rings (SSSR count). The van der Waals surface area contributed by atoms with Crippen molar-refractivity contribution in [2.45, 2.75) is 12.5 Å². The SMILES string of the molecule is Cn1cc([C@](C)(O)CNC(=O)c2cc3ccccc3[nH]2)cn1. The van der Waals surface area contributed by atoms with Gasteiger partial charge < -0.3 is 15.4 Å². The fraction of sp³-hybridized carbons (Fsp3) is 0.250. The molecule has 0 aliphatic rings. The van der Waals surface area contributed by atoms with Gasteiger partial charge in [-0.05, 0) is 19.1 Å². The van der Waals surface area contributed by atoms with E-state index in [0.717, 1.165) is 10.9 Å². The summed E-state index contributed by atoms with van der Waals surface area (Å²) in [6, 6.07) is 9.48. The van der Waals surface area contributed by atoms with E-state index in [1.165, 1.54) is 0 Å². The molecule has 6 nitrogen and oxygen atoms in total. The Labute approximate surface area is 127 Å². The van der Waals surface area contributed by atoms with Gasteiger partial charge in [-0.25, -0.2) is 0 Å². The van der Waals surface area contributed by atoms with Gasteiger partial charge in [0.05, 0.1) is 12.7 Å². The van der Waals surface area contributed by atoms with E-state index in [2.05, 4.69) is 15.4 Å². The topological polar surface area (TPSA) is 82.9 Å². The maximum Gasteiger partial charge on any atom is 0.267 e. The Hall–Kier alpha value is -2.60. The minimum absolute atomic E-state index is 0.104. The van der Waals surface area contributed by atoms with E-state index in [-0.39, 0.29) is 12.5 Å². The van der Waals surface area contributed by atoms with Crippen LogP contribution in [0.3, 0.4) is 0 Å². The van der Waals surface area contributed by atoms with Crippen LogP contribution in [0.5, 0.6) is 0 Å². The zero-order valence-electron chi connectivity index (χ0n) is 12.5. The van der Waals surface area contributed by atoms with Crippen LogP contribution in [0.1, 0.15) is 23.0 Å². The Kier molecular flexibility index (Phi) is 3.46. The molecule has 3 aromatic rings. The van der Waals surface area contributed by atoms with E-state index in [1.54, 1.807) is 37.1 Å². The smallest absolute Gasteiger partial charge is 0.267 e. The van der Waals surface area contributed by atoms with E-state index < -0.39 is 5.60 Å². The lowest BCUT2D eigenvalue weighted by atomic mass is 10.00. The summed E-state index contributed by atoms with van der Waals surface area (Å²) in [5.74, 6) is -0.250. The maximum absolute atomic E-state index is 12.2. The summed E-state index contributed by atoms with van der Waals surface area (Å²) < 4.78 is 1.61. The van der Waals surface area contributed by atoms with Crippen LogP contribution in [0.4, 0.5) is 0 Å². The number of rotatable bonds is 4. The van der Waals surface area contributed by atoms with Gasteiger partial charge in [-0.1, -0.05) is 18.2 Å². The van der Waals surface area contributed by atoms with Crippen molar-refractivity contribution in [2.75, 3.05) is 6.54 Å². The first-order valence-electron chi connectivity index (χ1n) is 7.03. The van der Waals surface area contributed by atoms with Gasteiger partial charge in [-0.2, -0.15) is 5.10 Å². The molecule has 1 amide bonds. The Morgan fingerprint density at radius 3 is 2.91 bits per heavy atom. The normalized spacial score (nSPS) is 14.0. The number of amides is 1. The first-order chi connectivity index (χ1) is 10.5. The van der Waals surface area contributed by atoms with Crippen molar-refractivity contribution >= 4 is 16.8 Å². The summed E-state index contributed by atoms with van der Waals surface area (Å²) in [6.45, 7) is 1.75. The van der Waals surface area contributed by atoms with E-state index in [4.69, 9.17) is 0 Å². The zero-order chi connectivity index (χ0) is 15.7. The lowest BCUT2D eigenvalue weighted by Gasteiger charge is -2.22. The number of aromatic amines is 1. The summed E-state index contributed by atoms with van der Waals surface area (Å²) in [7, 11) is 1.78. The lowest BCUT2D eigenvalue weighted by Crippen LogP contribution is -2.38. The molecule has 114 valence electrons. The molecule has 1 aromatic carbocycles. The summed E-state index contributed by atoms with van der Waals surface area (Å²) in [6.07, 6.45) is 3.32. The third kappa shape index (κ3) is 2.73. The third-order valence-corrected chi connectivity index (χ3v) is 3.69. The van der Waals surface area contributed by atoms with Crippen LogP contribution in [-0.2, 0) is 12.6 Å². The second-order valence-electron chi connectivity index (χ2n) is 5.63. The second kappa shape index (κ2) is 5.31. The Balaban J connectivity index is 1.71. The molecule has 2 heterocycles. The molecule has 2 aromatic heterocycles. The monoisotopic (exact) mass is 298 g/mol. The molecule has 0 aliphatic carbocycles. The fourth-order valence-corrected chi connectivity index (χ4v) is 2.34. The number of benzene rings is 1. The highest BCUT2D eigenvalue weighted by Gasteiger charge is 2.25. The van der Waals surface area contributed by atoms with Crippen molar-refractivity contribution in [3.8, 4) is 0 Å². The van der Waals surface area contributed by atoms with Crippen LogP contribution < -0.4 is 5.32 Å². The molecule has 0 spiro atoms. The summed E-state index contributed by atoms with van der Waals surface area (Å²) >= 11 is 0. The molecule has 3 N–H and O–H groups in total. The molecule has 0 radical (unpaired) electrons. The molecule has 0 saturated carbocycles. The van der Waals surface area contributed by atoms with Gasteiger partial charge in [-0.3, -0.25) is 9.48 Å². The molecular weight excluding hydrogens is 280 g/mol. The summed E-state index contributed by atoms with van der Waals surface area (Å²) in [4.78, 5) is 15.3. The Bertz CT molecular complexity index is 783. The zero-order valence-corrected chi connectivity index (χ0v) is 12.5. The fourth-order valence-electron chi connectivity index (χ4n) is 2.34. The van der Waals surface area contributed by atoms with Gasteiger partial charge in [0, 0.05) is 29.7 Å². The van der Waals surface area contributed by atoms with Crippen LogP contribution in [0.15, 0.2) is 42.7 Å². The van der Waals surface area contributed by atoms with Crippen LogP contribution in [0, 0.1) is 0 Å². The van der Waals surface area contributed by atoms with Crippen LogP contribution in [0.25, 0.3) is 10.9 Å². The van der Waals surface area contributed by atoms with E-state index in [0.29, 0.717) is 11.3 Å². The number of nitrogens with zero attached hydrogens (tertiary/aromatic N) is 2. The third-order valence-electron chi connectivity index (χ3n) is 3.69. The van der Waals surface area contributed by atoms with Crippen molar-refractivity contribution in [1.82, 2.24) is 20.1 Å². The molecule has 22 heavy (non-hydrogen) atoms. The molecule has 6 heteroatoms. The number of hydrogen-bond donors (Lipinski definition) is 3. The van der Waals surface area contributed by atoms with Gasteiger partial charge >= 0.3 is 0 Å². The predicted octanol–water partition coefficient (Wildman–Crippen LogP) is 1.54. The van der Waals surface area contributed by atoms with Crippen molar-refractivity contribution in [3.05, 3.63) is 54.0 Å². The molecular formula is C16H18N4O2. The van der Waals surface area contributed by atoms with E-state index in [9.17, 15) is 9.90 Å². The highest BCUT2D eigenvalue weighted by Crippen LogP contribution is 2.19. The summed E-state index contributed by atoms with van der Waals surface area (Å²) in [5.41, 5.74) is 0.873. The number of aryl methyl sites for hydroxylation is 1. The van der Waals surface area contributed by atoms with E-state index >= 15 is 0 Å². The first kappa shape index (κ1) is 14.3. The first-order valence-corrected chi connectivity index (χ1v) is 7.03. The Morgan fingerprint density at radius 1 is 1.45 bits per heavy atom. The van der Waals surface area contributed by atoms with Crippen molar-refractivity contribution in [1.29, 1.82) is 0 Å². The predicted molar refractivity (Wildman–Crippen MR) is 83.4 cm³/mol. The largest absolute Gasteiger partial charge is 0.383 e. The quantitative estimate of drug-likeness (QED) is 0.683. The number of fused-ring (bicyclic) bond motifs is 1. The van der Waals surface area contributed by atoms with Crippen molar-refractivity contribution < 1.29 is 9.90 Å². The van der Waals surface area contributed by atoms with Crippen LogP contribution >= 0.6 is 0 Å². The number of nitrogens with one attached hydrogen (secondary N) is 2. The van der Waals surface area contributed by atoms with Gasteiger partial charge in [0.1, 0.15) is 11.3 Å². The standard InChI is InChI=1S/C16H18N4O2/c1-16(22,12-8-18-20(2)9-12)10-17-15(21)14-7-11-5-3-4-6-13(11)19-14/h3-9,19,22H,10H2,1-2H3,(H,17,21)/t16-/m1/s1. The van der Waals surface area contributed by atoms with Crippen molar-refractivity contribution in [2.24, 2.45) is 7.05 Å². The average Bonchev–Trinajstić information content (AvgIpc) is 3.11. The van der Waals surface area contributed by atoms with E-state index in [1.807, 2.05) is 24.3 Å². The molecule has 0 unspecified atom stereocenters.